The van der Waals surface area contributed by atoms with Gasteiger partial charge in [0.05, 0.1) is 10.6 Å². The Morgan fingerprint density at radius 2 is 1.92 bits per heavy atom. The zero-order valence-electron chi connectivity index (χ0n) is 14.4. The van der Waals surface area contributed by atoms with Gasteiger partial charge in [-0.1, -0.05) is 29.8 Å². The third-order valence-electron chi connectivity index (χ3n) is 3.91. The lowest BCUT2D eigenvalue weighted by molar-refractivity contribution is -0.384. The Balaban J connectivity index is 1.74. The van der Waals surface area contributed by atoms with Gasteiger partial charge in [0.1, 0.15) is 0 Å². The number of carbonyl (C=O) groups is 1. The van der Waals surface area contributed by atoms with Crippen molar-refractivity contribution in [2.45, 2.75) is 20.3 Å². The predicted octanol–water partition coefficient (Wildman–Crippen LogP) is 4.51. The molecule has 3 rings (SSSR count). The second-order valence-electron chi connectivity index (χ2n) is 5.95. The highest BCUT2D eigenvalue weighted by atomic mass is 32.1. The first-order chi connectivity index (χ1) is 12.4. The summed E-state index contributed by atoms with van der Waals surface area (Å²) in [7, 11) is 0. The number of hydrogen-bond acceptors (Lipinski definition) is 5. The van der Waals surface area contributed by atoms with Gasteiger partial charge in [0.25, 0.3) is 11.6 Å². The van der Waals surface area contributed by atoms with Gasteiger partial charge in [-0.05, 0) is 31.5 Å². The molecular weight excluding hydrogens is 350 g/mol. The molecule has 3 aromatic rings. The summed E-state index contributed by atoms with van der Waals surface area (Å²) >= 11 is 1.38. The van der Waals surface area contributed by atoms with Crippen molar-refractivity contribution in [1.29, 1.82) is 0 Å². The van der Waals surface area contributed by atoms with Gasteiger partial charge in [-0.15, -0.1) is 11.3 Å². The van der Waals surface area contributed by atoms with E-state index in [2.05, 4.69) is 10.3 Å². The van der Waals surface area contributed by atoms with Crippen LogP contribution < -0.4 is 5.32 Å². The summed E-state index contributed by atoms with van der Waals surface area (Å²) in [6.45, 7) is 3.83. The first-order valence-electron chi connectivity index (χ1n) is 8.00. The number of hydrogen-bond donors (Lipinski definition) is 1. The first kappa shape index (κ1) is 17.8. The maximum Gasteiger partial charge on any atom is 0.269 e. The van der Waals surface area contributed by atoms with Gasteiger partial charge in [-0.2, -0.15) is 0 Å². The fraction of sp³-hybridized carbons (Fsp3) is 0.158. The Morgan fingerprint density at radius 1 is 1.19 bits per heavy atom. The molecule has 0 unspecified atom stereocenters. The summed E-state index contributed by atoms with van der Waals surface area (Å²) in [5.74, 6) is -0.208. The van der Waals surface area contributed by atoms with E-state index in [1.54, 1.807) is 24.3 Å². The zero-order chi connectivity index (χ0) is 18.7. The van der Waals surface area contributed by atoms with E-state index < -0.39 is 4.92 Å². The Kier molecular flexibility index (Phi) is 5.09. The van der Waals surface area contributed by atoms with E-state index in [1.165, 1.54) is 17.4 Å². The molecule has 0 saturated heterocycles. The van der Waals surface area contributed by atoms with Crippen molar-refractivity contribution >= 4 is 28.1 Å². The Morgan fingerprint density at radius 3 is 2.62 bits per heavy atom. The largest absolute Gasteiger partial charge is 0.298 e. The number of nitrogens with zero attached hydrogens (tertiary/aromatic N) is 2. The van der Waals surface area contributed by atoms with Crippen LogP contribution >= 0.6 is 11.3 Å². The highest BCUT2D eigenvalue weighted by Crippen LogP contribution is 2.26. The van der Waals surface area contributed by atoms with Crippen molar-refractivity contribution < 1.29 is 9.72 Å². The molecule has 0 aliphatic rings. The molecule has 1 aromatic heterocycles. The molecule has 2 aromatic carbocycles. The van der Waals surface area contributed by atoms with Crippen LogP contribution in [-0.4, -0.2) is 15.8 Å². The number of thiazole rings is 1. The van der Waals surface area contributed by atoms with Crippen molar-refractivity contribution in [1.82, 2.24) is 4.98 Å². The minimum absolute atomic E-state index is 0.0672. The fourth-order valence-corrected chi connectivity index (χ4v) is 3.48. The van der Waals surface area contributed by atoms with Crippen LogP contribution in [-0.2, 0) is 6.42 Å². The number of non-ortho nitro benzene ring substituents is 1. The number of aromatic nitrogens is 1. The molecule has 7 heteroatoms. The standard InChI is InChI=1S/C19H17N3O3S/c1-12-6-8-15(9-7-12)18(23)21-19-20-13(2)17(26-19)11-14-4-3-5-16(10-14)22(24)25/h3-10H,11H2,1-2H3,(H,20,21,23). The van der Waals surface area contributed by atoms with Crippen molar-refractivity contribution in [2.75, 3.05) is 5.32 Å². The lowest BCUT2D eigenvalue weighted by Crippen LogP contribution is -2.11. The van der Waals surface area contributed by atoms with Crippen molar-refractivity contribution in [2.24, 2.45) is 0 Å². The Hall–Kier alpha value is -3.06. The molecule has 0 aliphatic carbocycles. The van der Waals surface area contributed by atoms with Crippen LogP contribution in [0, 0.1) is 24.0 Å². The number of aryl methyl sites for hydroxylation is 2. The predicted molar refractivity (Wildman–Crippen MR) is 102 cm³/mol. The Labute approximate surface area is 154 Å². The summed E-state index contributed by atoms with van der Waals surface area (Å²) in [4.78, 5) is 28.2. The lowest BCUT2D eigenvalue weighted by Gasteiger charge is -2.02. The molecule has 0 atom stereocenters. The molecule has 6 nitrogen and oxygen atoms in total. The van der Waals surface area contributed by atoms with Crippen molar-refractivity contribution in [3.05, 3.63) is 85.9 Å². The molecule has 1 N–H and O–H groups in total. The molecule has 0 bridgehead atoms. The average molecular weight is 367 g/mol. The van der Waals surface area contributed by atoms with Gasteiger partial charge in [-0.3, -0.25) is 20.2 Å². The number of nitro groups is 1. The topological polar surface area (TPSA) is 85.1 Å². The van der Waals surface area contributed by atoms with Crippen LogP contribution in [0.3, 0.4) is 0 Å². The van der Waals surface area contributed by atoms with E-state index in [-0.39, 0.29) is 11.6 Å². The van der Waals surface area contributed by atoms with E-state index in [4.69, 9.17) is 0 Å². The minimum atomic E-state index is -0.406. The number of benzene rings is 2. The maximum atomic E-state index is 12.3. The van der Waals surface area contributed by atoms with Gasteiger partial charge in [0.15, 0.2) is 5.13 Å². The van der Waals surface area contributed by atoms with Crippen molar-refractivity contribution in [3.63, 3.8) is 0 Å². The second-order valence-corrected chi connectivity index (χ2v) is 7.04. The minimum Gasteiger partial charge on any atom is -0.298 e. The Bertz CT molecular complexity index is 964. The average Bonchev–Trinajstić information content (AvgIpc) is 2.94. The molecule has 0 fully saturated rings. The van der Waals surface area contributed by atoms with Gasteiger partial charge >= 0.3 is 0 Å². The fourth-order valence-electron chi connectivity index (χ4n) is 2.49. The number of anilines is 1. The number of nitrogens with one attached hydrogen (secondary N) is 1. The third kappa shape index (κ3) is 4.12. The maximum absolute atomic E-state index is 12.3. The highest BCUT2D eigenvalue weighted by molar-refractivity contribution is 7.15. The second kappa shape index (κ2) is 7.45. The summed E-state index contributed by atoms with van der Waals surface area (Å²) < 4.78 is 0. The number of nitro benzene ring substituents is 1. The molecular formula is C19H17N3O3S. The van der Waals surface area contributed by atoms with Crippen molar-refractivity contribution in [3.8, 4) is 0 Å². The van der Waals surface area contributed by atoms with Crippen LogP contribution in [0.1, 0.15) is 32.1 Å². The van der Waals surface area contributed by atoms with Gasteiger partial charge in [-0.25, -0.2) is 4.98 Å². The number of carbonyl (C=O) groups excluding carboxylic acids is 1. The van der Waals surface area contributed by atoms with E-state index in [9.17, 15) is 14.9 Å². The van der Waals surface area contributed by atoms with E-state index in [0.717, 1.165) is 21.7 Å². The van der Waals surface area contributed by atoms with Gasteiger partial charge in [0.2, 0.25) is 0 Å². The summed E-state index contributed by atoms with van der Waals surface area (Å²) in [6, 6.07) is 13.9. The monoisotopic (exact) mass is 367 g/mol. The van der Waals surface area contributed by atoms with E-state index >= 15 is 0 Å². The van der Waals surface area contributed by atoms with Crippen LogP contribution in [0.4, 0.5) is 10.8 Å². The smallest absolute Gasteiger partial charge is 0.269 e. The molecule has 0 spiro atoms. The number of amides is 1. The van der Waals surface area contributed by atoms with E-state index in [1.807, 2.05) is 32.0 Å². The SMILES string of the molecule is Cc1ccc(C(=O)Nc2nc(C)c(Cc3cccc([N+](=O)[O-])c3)s2)cc1. The normalized spacial score (nSPS) is 10.5. The van der Waals surface area contributed by atoms with Crippen LogP contribution in [0.5, 0.6) is 0 Å². The van der Waals surface area contributed by atoms with Crippen LogP contribution in [0.15, 0.2) is 48.5 Å². The summed E-state index contributed by atoms with van der Waals surface area (Å²) in [6.07, 6.45) is 0.533. The lowest BCUT2D eigenvalue weighted by atomic mass is 10.1. The molecule has 0 radical (unpaired) electrons. The number of rotatable bonds is 5. The van der Waals surface area contributed by atoms with Gasteiger partial charge < -0.3 is 0 Å². The molecule has 132 valence electrons. The third-order valence-corrected chi connectivity index (χ3v) is 4.99. The zero-order valence-corrected chi connectivity index (χ0v) is 15.2. The quantitative estimate of drug-likeness (QED) is 0.531. The molecule has 1 amide bonds. The van der Waals surface area contributed by atoms with Crippen LogP contribution in [0.2, 0.25) is 0 Å². The highest BCUT2D eigenvalue weighted by Gasteiger charge is 2.13. The molecule has 1 heterocycles. The van der Waals surface area contributed by atoms with E-state index in [0.29, 0.717) is 17.1 Å². The molecule has 0 saturated carbocycles. The first-order valence-corrected chi connectivity index (χ1v) is 8.81. The van der Waals surface area contributed by atoms with Crippen LogP contribution in [0.25, 0.3) is 0 Å². The molecule has 26 heavy (non-hydrogen) atoms. The summed E-state index contributed by atoms with van der Waals surface area (Å²) in [5.41, 5.74) is 3.37. The molecule has 0 aliphatic heterocycles. The summed E-state index contributed by atoms with van der Waals surface area (Å²) in [5, 5.41) is 14.2. The van der Waals surface area contributed by atoms with Gasteiger partial charge in [0, 0.05) is 29.0 Å².